The predicted molar refractivity (Wildman–Crippen MR) is 53.1 cm³/mol. The normalized spacial score (nSPS) is 12.7. The summed E-state index contributed by atoms with van der Waals surface area (Å²) in [6.45, 7) is 0. The molecule has 2 heterocycles. The molecule has 2 aromatic heterocycles. The van der Waals surface area contributed by atoms with Crippen molar-refractivity contribution in [3.8, 4) is 0 Å². The van der Waals surface area contributed by atoms with E-state index in [1.54, 1.807) is 13.2 Å². The lowest BCUT2D eigenvalue weighted by Gasteiger charge is -2.06. The fourth-order valence-electron chi connectivity index (χ4n) is 1.10. The van der Waals surface area contributed by atoms with Gasteiger partial charge in [-0.3, -0.25) is 4.98 Å². The molecule has 0 aromatic carbocycles. The van der Waals surface area contributed by atoms with Crippen molar-refractivity contribution in [2.24, 2.45) is 7.05 Å². The number of aryl methyl sites for hydroxylation is 1. The Bertz CT molecular complexity index is 432. The maximum atomic E-state index is 11.8. The summed E-state index contributed by atoms with van der Waals surface area (Å²) >= 11 is -1.25. The fourth-order valence-corrected chi connectivity index (χ4v) is 2.12. The Balaban J connectivity index is 2.11. The summed E-state index contributed by atoms with van der Waals surface area (Å²) in [6.07, 6.45) is 1.67. The molecule has 0 saturated heterocycles. The Hall–Kier alpha value is -1.47. The van der Waals surface area contributed by atoms with Gasteiger partial charge in [-0.25, -0.2) is 0 Å². The maximum absolute atomic E-state index is 11.8. The van der Waals surface area contributed by atoms with E-state index < -0.39 is 11.2 Å². The van der Waals surface area contributed by atoms with Gasteiger partial charge in [0.2, 0.25) is 0 Å². The van der Waals surface area contributed by atoms with E-state index in [1.165, 1.54) is 4.68 Å². The number of aromatic nitrogens is 5. The van der Waals surface area contributed by atoms with E-state index in [0.29, 0.717) is 10.9 Å². The highest BCUT2D eigenvalue weighted by atomic mass is 32.2. The molecule has 0 saturated carbocycles. The van der Waals surface area contributed by atoms with Gasteiger partial charge in [0.1, 0.15) is 0 Å². The lowest BCUT2D eigenvalue weighted by Crippen LogP contribution is -2.12. The van der Waals surface area contributed by atoms with Gasteiger partial charge in [-0.2, -0.15) is 4.68 Å². The zero-order chi connectivity index (χ0) is 10.7. The predicted octanol–water partition coefficient (Wildman–Crippen LogP) is -0.0871. The van der Waals surface area contributed by atoms with Crippen molar-refractivity contribution in [3.05, 3.63) is 30.1 Å². The van der Waals surface area contributed by atoms with E-state index in [4.69, 9.17) is 0 Å². The van der Waals surface area contributed by atoms with Gasteiger partial charge in [-0.05, 0) is 22.6 Å². The minimum atomic E-state index is -1.25. The third kappa shape index (κ3) is 2.31. The monoisotopic (exact) mass is 223 g/mol. The molecule has 0 spiro atoms. The van der Waals surface area contributed by atoms with Gasteiger partial charge in [0.15, 0.2) is 5.75 Å². The molecule has 0 fully saturated rings. The summed E-state index contributed by atoms with van der Waals surface area (Å²) in [6, 6.07) is 5.49. The van der Waals surface area contributed by atoms with Crippen molar-refractivity contribution in [1.29, 1.82) is 0 Å². The van der Waals surface area contributed by atoms with Crippen molar-refractivity contribution < 1.29 is 4.55 Å². The van der Waals surface area contributed by atoms with Gasteiger partial charge in [0, 0.05) is 24.4 Å². The second kappa shape index (κ2) is 4.37. The first kappa shape index (κ1) is 10.1. The second-order valence-electron chi connectivity index (χ2n) is 2.90. The van der Waals surface area contributed by atoms with Crippen LogP contribution < -0.4 is 0 Å². The molecule has 0 aliphatic heterocycles. The smallest absolute Gasteiger partial charge is 0.361 e. The quantitative estimate of drug-likeness (QED) is 0.679. The van der Waals surface area contributed by atoms with Crippen LogP contribution in [0.1, 0.15) is 5.69 Å². The van der Waals surface area contributed by atoms with Gasteiger partial charge < -0.3 is 4.55 Å². The van der Waals surface area contributed by atoms with Crippen molar-refractivity contribution in [2.45, 2.75) is 10.9 Å². The van der Waals surface area contributed by atoms with Gasteiger partial charge in [-0.1, -0.05) is 11.2 Å². The van der Waals surface area contributed by atoms with Crippen molar-refractivity contribution in [2.75, 3.05) is 0 Å². The lowest BCUT2D eigenvalue weighted by molar-refractivity contribution is 0.567. The van der Waals surface area contributed by atoms with Crippen LogP contribution in [0.5, 0.6) is 0 Å². The molecule has 0 aliphatic rings. The number of pyridine rings is 1. The topological polar surface area (TPSA) is 79.5 Å². The van der Waals surface area contributed by atoms with Crippen LogP contribution in [0.15, 0.2) is 29.6 Å². The van der Waals surface area contributed by atoms with E-state index in [1.807, 2.05) is 18.2 Å². The molecule has 0 N–H and O–H groups in total. The van der Waals surface area contributed by atoms with Gasteiger partial charge >= 0.3 is 5.16 Å². The highest BCUT2D eigenvalue weighted by Crippen LogP contribution is 2.10. The highest BCUT2D eigenvalue weighted by molar-refractivity contribution is 7.90. The molecule has 1 atom stereocenters. The summed E-state index contributed by atoms with van der Waals surface area (Å²) in [5, 5.41) is 11.1. The average Bonchev–Trinajstić information content (AvgIpc) is 2.66. The van der Waals surface area contributed by atoms with Gasteiger partial charge in [-0.15, -0.1) is 0 Å². The molecule has 2 aromatic rings. The molecule has 0 radical (unpaired) electrons. The van der Waals surface area contributed by atoms with Crippen LogP contribution >= 0.6 is 0 Å². The molecule has 6 nitrogen and oxygen atoms in total. The van der Waals surface area contributed by atoms with Crippen molar-refractivity contribution >= 4 is 11.2 Å². The third-order valence-corrected chi connectivity index (χ3v) is 3.10. The Morgan fingerprint density at radius 3 is 2.93 bits per heavy atom. The van der Waals surface area contributed by atoms with E-state index in [2.05, 4.69) is 20.5 Å². The third-order valence-electron chi connectivity index (χ3n) is 1.79. The largest absolute Gasteiger partial charge is 0.609 e. The molecular formula is C8H9N5OS. The van der Waals surface area contributed by atoms with Crippen molar-refractivity contribution in [1.82, 2.24) is 25.2 Å². The molecule has 0 amide bonds. The molecule has 0 bridgehead atoms. The van der Waals surface area contributed by atoms with Crippen LogP contribution in [-0.2, 0) is 24.0 Å². The van der Waals surface area contributed by atoms with Crippen LogP contribution in [0.3, 0.4) is 0 Å². The second-order valence-corrected chi connectivity index (χ2v) is 4.24. The first-order valence-corrected chi connectivity index (χ1v) is 5.60. The summed E-state index contributed by atoms with van der Waals surface area (Å²) in [5.41, 5.74) is 0.763. The number of hydrogen-bond donors (Lipinski definition) is 0. The number of tetrazole rings is 1. The minimum absolute atomic E-state index is 0.328. The number of rotatable bonds is 3. The minimum Gasteiger partial charge on any atom is -0.609 e. The van der Waals surface area contributed by atoms with Crippen molar-refractivity contribution in [3.63, 3.8) is 0 Å². The van der Waals surface area contributed by atoms with Gasteiger partial charge in [0.05, 0.1) is 5.69 Å². The Kier molecular flexibility index (Phi) is 2.93. The Labute approximate surface area is 89.5 Å². The molecule has 15 heavy (non-hydrogen) atoms. The lowest BCUT2D eigenvalue weighted by atomic mass is 10.4. The SMILES string of the molecule is Cn1nnnc1[S+]([O-])Cc1ccccn1. The first-order chi connectivity index (χ1) is 7.27. The summed E-state index contributed by atoms with van der Waals surface area (Å²) in [4.78, 5) is 4.09. The molecular weight excluding hydrogens is 214 g/mol. The number of hydrogen-bond acceptors (Lipinski definition) is 5. The molecule has 0 aliphatic carbocycles. The molecule has 78 valence electrons. The summed E-state index contributed by atoms with van der Waals surface area (Å²) < 4.78 is 13.2. The standard InChI is InChI=1S/C8H9N5OS/c1-13-8(10-11-12-13)15(14)6-7-4-2-3-5-9-7/h2-5H,6H2,1H3. The highest BCUT2D eigenvalue weighted by Gasteiger charge is 2.19. The first-order valence-electron chi connectivity index (χ1n) is 4.28. The molecule has 1 unspecified atom stereocenters. The fraction of sp³-hybridized carbons (Fsp3) is 0.250. The maximum Gasteiger partial charge on any atom is 0.361 e. The molecule has 2 rings (SSSR count). The Morgan fingerprint density at radius 1 is 1.47 bits per heavy atom. The van der Waals surface area contributed by atoms with Crippen LogP contribution in [0.4, 0.5) is 0 Å². The zero-order valence-electron chi connectivity index (χ0n) is 8.07. The van der Waals surface area contributed by atoms with Gasteiger partial charge in [0.25, 0.3) is 0 Å². The van der Waals surface area contributed by atoms with Crippen LogP contribution in [-0.4, -0.2) is 29.7 Å². The number of nitrogens with zero attached hydrogens (tertiary/aromatic N) is 5. The summed E-state index contributed by atoms with van der Waals surface area (Å²) in [7, 11) is 1.66. The average molecular weight is 223 g/mol. The van der Waals surface area contributed by atoms with E-state index in [-0.39, 0.29) is 0 Å². The van der Waals surface area contributed by atoms with E-state index >= 15 is 0 Å². The van der Waals surface area contributed by atoms with Crippen LogP contribution in [0.25, 0.3) is 0 Å². The van der Waals surface area contributed by atoms with E-state index in [9.17, 15) is 4.55 Å². The van der Waals surface area contributed by atoms with Crippen LogP contribution in [0, 0.1) is 0 Å². The Morgan fingerprint density at radius 2 is 2.33 bits per heavy atom. The zero-order valence-corrected chi connectivity index (χ0v) is 8.89. The van der Waals surface area contributed by atoms with E-state index in [0.717, 1.165) is 5.69 Å². The molecule has 7 heteroatoms. The van der Waals surface area contributed by atoms with Crippen LogP contribution in [0.2, 0.25) is 0 Å². The summed E-state index contributed by atoms with van der Waals surface area (Å²) in [5.74, 6) is 0.328.